The molecule has 2 saturated heterocycles. The van der Waals surface area contributed by atoms with E-state index in [9.17, 15) is 4.79 Å². The average Bonchev–Trinajstić information content (AvgIpc) is 2.52. The van der Waals surface area contributed by atoms with Gasteiger partial charge in [-0.05, 0) is 45.4 Å². The third-order valence-corrected chi connectivity index (χ3v) is 3.92. The van der Waals surface area contributed by atoms with Gasteiger partial charge in [-0.1, -0.05) is 13.8 Å². The Bertz CT molecular complexity index is 260. The van der Waals surface area contributed by atoms with Crippen LogP contribution in [0.25, 0.3) is 0 Å². The van der Waals surface area contributed by atoms with Crippen molar-refractivity contribution in [3.05, 3.63) is 0 Å². The molecule has 2 aliphatic rings. The van der Waals surface area contributed by atoms with E-state index in [2.05, 4.69) is 10.2 Å². The molecule has 5 nitrogen and oxygen atoms in total. The summed E-state index contributed by atoms with van der Waals surface area (Å²) in [4.78, 5) is 16.3. The zero-order chi connectivity index (χ0) is 14.8. The summed E-state index contributed by atoms with van der Waals surface area (Å²) in [6.07, 6.45) is 2.41. The molecular formula is C15H31N3O2. The largest absolute Gasteiger partial charge is 0.378 e. The first-order chi connectivity index (χ1) is 9.79. The van der Waals surface area contributed by atoms with E-state index >= 15 is 0 Å². The van der Waals surface area contributed by atoms with Crippen molar-refractivity contribution in [2.24, 2.45) is 5.92 Å². The first-order valence-corrected chi connectivity index (χ1v) is 8.02. The number of piperidine rings is 1. The number of nitrogens with one attached hydrogen (secondary N) is 1. The van der Waals surface area contributed by atoms with Crippen molar-refractivity contribution in [2.45, 2.75) is 26.7 Å². The van der Waals surface area contributed by atoms with E-state index in [0.29, 0.717) is 19.8 Å². The summed E-state index contributed by atoms with van der Waals surface area (Å²) in [5, 5.41) is 3.24. The first kappa shape index (κ1) is 17.4. The molecule has 5 heteroatoms. The molecule has 1 amide bonds. The highest BCUT2D eigenvalue weighted by molar-refractivity contribution is 5.78. The number of hydrogen-bond donors (Lipinski definition) is 1. The van der Waals surface area contributed by atoms with Crippen LogP contribution in [0.4, 0.5) is 0 Å². The summed E-state index contributed by atoms with van der Waals surface area (Å²) >= 11 is 0. The molecule has 2 aliphatic heterocycles. The molecule has 0 unspecified atom stereocenters. The van der Waals surface area contributed by atoms with Crippen molar-refractivity contribution in [1.82, 2.24) is 15.1 Å². The molecule has 0 saturated carbocycles. The van der Waals surface area contributed by atoms with E-state index in [4.69, 9.17) is 4.74 Å². The standard InChI is InChI=1S/C13H25N3O2.C2H6/c1-14-10-12-2-4-15(5-3-12)11-13(17)16-6-8-18-9-7-16;1-2/h12,14H,2-11H2,1H3;1-2H3. The predicted molar refractivity (Wildman–Crippen MR) is 81.8 cm³/mol. The maximum absolute atomic E-state index is 12.1. The van der Waals surface area contributed by atoms with Crippen molar-refractivity contribution >= 4 is 5.91 Å². The van der Waals surface area contributed by atoms with E-state index in [0.717, 1.165) is 38.6 Å². The maximum Gasteiger partial charge on any atom is 0.236 e. The Morgan fingerprint density at radius 1 is 1.15 bits per heavy atom. The third-order valence-electron chi connectivity index (χ3n) is 3.92. The fourth-order valence-corrected chi connectivity index (χ4v) is 2.74. The van der Waals surface area contributed by atoms with Gasteiger partial charge in [0.15, 0.2) is 0 Å². The summed E-state index contributed by atoms with van der Waals surface area (Å²) in [6.45, 7) is 10.7. The number of amides is 1. The first-order valence-electron chi connectivity index (χ1n) is 8.02. The smallest absolute Gasteiger partial charge is 0.236 e. The van der Waals surface area contributed by atoms with E-state index in [1.165, 1.54) is 12.8 Å². The Hall–Kier alpha value is -0.650. The highest BCUT2D eigenvalue weighted by Crippen LogP contribution is 2.16. The summed E-state index contributed by atoms with van der Waals surface area (Å²) < 4.78 is 5.27. The van der Waals surface area contributed by atoms with Crippen LogP contribution in [0, 0.1) is 5.92 Å². The van der Waals surface area contributed by atoms with Crippen LogP contribution in [0.2, 0.25) is 0 Å². The van der Waals surface area contributed by atoms with Crippen molar-refractivity contribution in [2.75, 3.05) is 59.5 Å². The van der Waals surface area contributed by atoms with Gasteiger partial charge in [0.25, 0.3) is 0 Å². The average molecular weight is 285 g/mol. The van der Waals surface area contributed by atoms with Gasteiger partial charge in [0.2, 0.25) is 5.91 Å². The molecule has 118 valence electrons. The molecule has 0 radical (unpaired) electrons. The number of carbonyl (C=O) groups excluding carboxylic acids is 1. The van der Waals surface area contributed by atoms with Crippen LogP contribution < -0.4 is 5.32 Å². The lowest BCUT2D eigenvalue weighted by Crippen LogP contribution is -2.47. The molecule has 0 atom stereocenters. The molecule has 2 rings (SSSR count). The van der Waals surface area contributed by atoms with Gasteiger partial charge in [-0.3, -0.25) is 9.69 Å². The number of hydrogen-bond acceptors (Lipinski definition) is 4. The Morgan fingerprint density at radius 3 is 2.30 bits per heavy atom. The molecule has 0 aromatic carbocycles. The minimum absolute atomic E-state index is 0.269. The number of ether oxygens (including phenoxy) is 1. The molecule has 2 heterocycles. The Kier molecular flexibility index (Phi) is 8.82. The zero-order valence-corrected chi connectivity index (χ0v) is 13.4. The molecule has 0 aromatic rings. The van der Waals surface area contributed by atoms with Crippen molar-refractivity contribution < 1.29 is 9.53 Å². The zero-order valence-electron chi connectivity index (χ0n) is 13.4. The Balaban J connectivity index is 0.000000956. The summed E-state index contributed by atoms with van der Waals surface area (Å²) in [5.41, 5.74) is 0. The maximum atomic E-state index is 12.1. The molecule has 0 aliphatic carbocycles. The number of carbonyl (C=O) groups is 1. The van der Waals surface area contributed by atoms with E-state index in [1.807, 2.05) is 25.8 Å². The second-order valence-electron chi connectivity index (χ2n) is 5.27. The van der Waals surface area contributed by atoms with Crippen molar-refractivity contribution in [3.8, 4) is 0 Å². The van der Waals surface area contributed by atoms with Gasteiger partial charge < -0.3 is 15.0 Å². The fraction of sp³-hybridized carbons (Fsp3) is 0.933. The number of likely N-dealkylation sites (tertiary alicyclic amines) is 1. The molecule has 1 N–H and O–H groups in total. The van der Waals surface area contributed by atoms with Crippen molar-refractivity contribution in [3.63, 3.8) is 0 Å². The van der Waals surface area contributed by atoms with Gasteiger partial charge in [0.1, 0.15) is 0 Å². The van der Waals surface area contributed by atoms with Crippen LogP contribution in [-0.4, -0.2) is 75.2 Å². The van der Waals surface area contributed by atoms with E-state index < -0.39 is 0 Å². The highest BCUT2D eigenvalue weighted by atomic mass is 16.5. The Labute approximate surface area is 123 Å². The fourth-order valence-electron chi connectivity index (χ4n) is 2.74. The second-order valence-corrected chi connectivity index (χ2v) is 5.27. The number of morpholine rings is 1. The van der Waals surface area contributed by atoms with Crippen molar-refractivity contribution in [1.29, 1.82) is 0 Å². The monoisotopic (exact) mass is 285 g/mol. The highest BCUT2D eigenvalue weighted by Gasteiger charge is 2.23. The summed E-state index contributed by atoms with van der Waals surface area (Å²) in [7, 11) is 2.01. The second kappa shape index (κ2) is 10.1. The molecule has 2 fully saturated rings. The molecule has 20 heavy (non-hydrogen) atoms. The normalized spacial score (nSPS) is 21.2. The van der Waals surface area contributed by atoms with E-state index in [1.54, 1.807) is 0 Å². The van der Waals surface area contributed by atoms with Gasteiger partial charge in [-0.25, -0.2) is 0 Å². The number of rotatable bonds is 4. The van der Waals surface area contributed by atoms with Crippen LogP contribution in [0.1, 0.15) is 26.7 Å². The molecule has 0 bridgehead atoms. The van der Waals surface area contributed by atoms with Gasteiger partial charge in [0.05, 0.1) is 19.8 Å². The van der Waals surface area contributed by atoms with Crippen LogP contribution >= 0.6 is 0 Å². The van der Waals surface area contributed by atoms with Gasteiger partial charge >= 0.3 is 0 Å². The minimum Gasteiger partial charge on any atom is -0.378 e. The van der Waals surface area contributed by atoms with Gasteiger partial charge in [-0.2, -0.15) is 0 Å². The lowest BCUT2D eigenvalue weighted by atomic mass is 9.97. The van der Waals surface area contributed by atoms with Crippen LogP contribution in [0.5, 0.6) is 0 Å². The van der Waals surface area contributed by atoms with Gasteiger partial charge in [-0.15, -0.1) is 0 Å². The topological polar surface area (TPSA) is 44.8 Å². The minimum atomic E-state index is 0.269. The quantitative estimate of drug-likeness (QED) is 0.830. The van der Waals surface area contributed by atoms with Crippen LogP contribution in [0.3, 0.4) is 0 Å². The van der Waals surface area contributed by atoms with Crippen LogP contribution in [0.15, 0.2) is 0 Å². The molecule has 0 spiro atoms. The SMILES string of the molecule is CC.CNCC1CCN(CC(=O)N2CCOCC2)CC1. The summed E-state index contributed by atoms with van der Waals surface area (Å²) in [5.74, 6) is 1.05. The lowest BCUT2D eigenvalue weighted by molar-refractivity contribution is -0.136. The summed E-state index contributed by atoms with van der Waals surface area (Å²) in [6, 6.07) is 0. The van der Waals surface area contributed by atoms with E-state index in [-0.39, 0.29) is 5.91 Å². The third kappa shape index (κ3) is 5.77. The predicted octanol–water partition coefficient (Wildman–Crippen LogP) is 0.803. The molecule has 0 aromatic heterocycles. The number of nitrogens with zero attached hydrogens (tertiary/aromatic N) is 2. The van der Waals surface area contributed by atoms with Crippen LogP contribution in [-0.2, 0) is 9.53 Å². The Morgan fingerprint density at radius 2 is 1.75 bits per heavy atom. The molecular weight excluding hydrogens is 254 g/mol. The van der Waals surface area contributed by atoms with Gasteiger partial charge in [0, 0.05) is 13.1 Å². The lowest BCUT2D eigenvalue weighted by Gasteiger charge is -2.34.